The minimum absolute atomic E-state index is 0. The number of nitrogens with one attached hydrogen (secondary N) is 3. The van der Waals surface area contributed by atoms with Gasteiger partial charge in [-0.2, -0.15) is 0 Å². The number of ether oxygens (including phenoxy) is 2. The Balaban J connectivity index is 0.00000180. The molecule has 5 heterocycles. The molecular weight excluding hydrogens is 370 g/mol. The zero-order valence-corrected chi connectivity index (χ0v) is 16.4. The van der Waals surface area contributed by atoms with Crippen LogP contribution in [0.25, 0.3) is 0 Å². The van der Waals surface area contributed by atoms with Crippen molar-refractivity contribution in [1.82, 2.24) is 16.0 Å². The summed E-state index contributed by atoms with van der Waals surface area (Å²) in [5.74, 6) is -0.00261. The van der Waals surface area contributed by atoms with Gasteiger partial charge in [0.05, 0.1) is 41.9 Å². The fourth-order valence-electron chi connectivity index (χ4n) is 5.63. The molecule has 0 spiro atoms. The minimum atomic E-state index is -0.635. The molecule has 5 aliphatic rings. The standard InChI is InChI=1S/C19H29N3O4.ClH/c23-17(21-13-7-11-1-3-15(13)25-11)9-19(5-6-20-10-19)18(24)22-14-8-12-2-4-16(14)26-12;/h11-16,20H,1-10H2,(H,21,23)(H,22,24);1H/t11-,12-,13-,14-,15+,16+,19?;/m1./s1. The number of amides is 2. The molecule has 0 radical (unpaired) electrons. The molecule has 5 aliphatic heterocycles. The second-order valence-electron chi connectivity index (χ2n) is 8.86. The molecule has 5 saturated heterocycles. The lowest BCUT2D eigenvalue weighted by molar-refractivity contribution is -0.136. The molecule has 0 aromatic heterocycles. The average Bonchev–Trinajstić information content (AvgIpc) is 3.41. The van der Waals surface area contributed by atoms with Crippen LogP contribution in [-0.4, -0.2) is 61.4 Å². The lowest BCUT2D eigenvalue weighted by atomic mass is 9.81. The summed E-state index contributed by atoms with van der Waals surface area (Å²) in [6.45, 7) is 1.35. The van der Waals surface area contributed by atoms with Gasteiger partial charge in [0.15, 0.2) is 0 Å². The lowest BCUT2D eigenvalue weighted by Gasteiger charge is -2.31. The molecule has 7 atom stereocenters. The number of halogens is 1. The molecule has 3 N–H and O–H groups in total. The van der Waals surface area contributed by atoms with Crippen LogP contribution in [-0.2, 0) is 19.1 Å². The van der Waals surface area contributed by atoms with E-state index in [1.165, 1.54) is 0 Å². The Labute approximate surface area is 166 Å². The van der Waals surface area contributed by atoms with E-state index >= 15 is 0 Å². The van der Waals surface area contributed by atoms with Crippen molar-refractivity contribution in [1.29, 1.82) is 0 Å². The summed E-state index contributed by atoms with van der Waals surface area (Å²) in [5, 5.41) is 9.63. The quantitative estimate of drug-likeness (QED) is 0.631. The largest absolute Gasteiger partial charge is 0.373 e. The third-order valence-corrected chi connectivity index (χ3v) is 7.10. The Kier molecular flexibility index (Phi) is 5.40. The molecule has 152 valence electrons. The third-order valence-electron chi connectivity index (χ3n) is 7.10. The van der Waals surface area contributed by atoms with E-state index in [4.69, 9.17) is 9.47 Å². The summed E-state index contributed by atoms with van der Waals surface area (Å²) < 4.78 is 11.7. The van der Waals surface area contributed by atoms with Crippen molar-refractivity contribution in [3.05, 3.63) is 0 Å². The van der Waals surface area contributed by atoms with Crippen LogP contribution < -0.4 is 16.0 Å². The van der Waals surface area contributed by atoms with E-state index in [0.717, 1.165) is 45.1 Å². The highest BCUT2D eigenvalue weighted by Crippen LogP contribution is 2.37. The maximum atomic E-state index is 13.1. The Bertz CT molecular complexity index is 598. The molecule has 0 aromatic rings. The van der Waals surface area contributed by atoms with Crippen molar-refractivity contribution in [2.45, 2.75) is 87.9 Å². The Hall–Kier alpha value is -0.890. The van der Waals surface area contributed by atoms with Crippen LogP contribution in [0.1, 0.15) is 51.4 Å². The van der Waals surface area contributed by atoms with E-state index in [-0.39, 0.29) is 54.9 Å². The van der Waals surface area contributed by atoms with Gasteiger partial charge >= 0.3 is 0 Å². The fraction of sp³-hybridized carbons (Fsp3) is 0.895. The molecule has 0 saturated carbocycles. The van der Waals surface area contributed by atoms with Crippen LogP contribution >= 0.6 is 12.4 Å². The maximum absolute atomic E-state index is 13.1. The minimum Gasteiger partial charge on any atom is -0.373 e. The van der Waals surface area contributed by atoms with Crippen LogP contribution in [0.4, 0.5) is 0 Å². The highest BCUT2D eigenvalue weighted by Gasteiger charge is 2.48. The first-order valence-corrected chi connectivity index (χ1v) is 10.2. The fourth-order valence-corrected chi connectivity index (χ4v) is 5.63. The normalized spacial score (nSPS) is 44.3. The van der Waals surface area contributed by atoms with Crippen molar-refractivity contribution < 1.29 is 19.1 Å². The number of rotatable bonds is 5. The van der Waals surface area contributed by atoms with E-state index < -0.39 is 5.41 Å². The summed E-state index contributed by atoms with van der Waals surface area (Å²) >= 11 is 0. The molecule has 5 rings (SSSR count). The first-order chi connectivity index (χ1) is 12.6. The molecule has 7 nitrogen and oxygen atoms in total. The van der Waals surface area contributed by atoms with E-state index in [2.05, 4.69) is 16.0 Å². The molecule has 2 amide bonds. The van der Waals surface area contributed by atoms with Crippen molar-refractivity contribution >= 4 is 24.2 Å². The van der Waals surface area contributed by atoms with Gasteiger partial charge in [-0.15, -0.1) is 12.4 Å². The van der Waals surface area contributed by atoms with Gasteiger partial charge in [-0.1, -0.05) is 0 Å². The zero-order chi connectivity index (χ0) is 17.7. The second-order valence-corrected chi connectivity index (χ2v) is 8.86. The van der Waals surface area contributed by atoms with Gasteiger partial charge in [-0.05, 0) is 51.5 Å². The Morgan fingerprint density at radius 2 is 1.59 bits per heavy atom. The molecule has 5 fully saturated rings. The highest BCUT2D eigenvalue weighted by molar-refractivity contribution is 5.90. The lowest BCUT2D eigenvalue weighted by Crippen LogP contribution is -2.52. The SMILES string of the molecule is Cl.O=C(CC1(C(=O)N[C@@H]2C[C@H]3CC[C@@H]2O3)CCNC1)N[C@@H]1C[C@H]2CC[C@@H]1O2. The number of hydrogen-bond acceptors (Lipinski definition) is 5. The molecule has 0 aliphatic carbocycles. The first-order valence-electron chi connectivity index (χ1n) is 10.2. The molecule has 4 bridgehead atoms. The van der Waals surface area contributed by atoms with Crippen molar-refractivity contribution in [2.75, 3.05) is 13.1 Å². The van der Waals surface area contributed by atoms with Crippen molar-refractivity contribution in [3.63, 3.8) is 0 Å². The molecule has 27 heavy (non-hydrogen) atoms. The number of carbonyl (C=O) groups is 2. The van der Waals surface area contributed by atoms with Crippen LogP contribution in [0, 0.1) is 5.41 Å². The van der Waals surface area contributed by atoms with Crippen molar-refractivity contribution in [3.8, 4) is 0 Å². The van der Waals surface area contributed by atoms with Gasteiger partial charge in [0.2, 0.25) is 11.8 Å². The predicted molar refractivity (Wildman–Crippen MR) is 101 cm³/mol. The van der Waals surface area contributed by atoms with Crippen LogP contribution in [0.3, 0.4) is 0 Å². The molecular formula is C19H30ClN3O4. The molecule has 8 heteroatoms. The monoisotopic (exact) mass is 399 g/mol. The summed E-state index contributed by atoms with van der Waals surface area (Å²) in [6, 6.07) is 0.232. The maximum Gasteiger partial charge on any atom is 0.228 e. The smallest absolute Gasteiger partial charge is 0.228 e. The van der Waals surface area contributed by atoms with Crippen molar-refractivity contribution in [2.24, 2.45) is 5.41 Å². The predicted octanol–water partition coefficient (Wildman–Crippen LogP) is 0.650. The van der Waals surface area contributed by atoms with Gasteiger partial charge < -0.3 is 25.4 Å². The van der Waals surface area contributed by atoms with Gasteiger partial charge in [-0.3, -0.25) is 9.59 Å². The van der Waals surface area contributed by atoms with Crippen LogP contribution in [0.5, 0.6) is 0 Å². The van der Waals surface area contributed by atoms with Crippen LogP contribution in [0.2, 0.25) is 0 Å². The summed E-state index contributed by atoms with van der Waals surface area (Å²) in [5.41, 5.74) is -0.635. The van der Waals surface area contributed by atoms with Gasteiger partial charge in [0, 0.05) is 13.0 Å². The third kappa shape index (κ3) is 3.59. The Morgan fingerprint density at radius 1 is 0.963 bits per heavy atom. The summed E-state index contributed by atoms with van der Waals surface area (Å²) in [4.78, 5) is 25.8. The molecule has 1 unspecified atom stereocenters. The number of carbonyl (C=O) groups excluding carboxylic acids is 2. The summed E-state index contributed by atoms with van der Waals surface area (Å²) in [6.07, 6.45) is 8.03. The first kappa shape index (κ1) is 19.4. The summed E-state index contributed by atoms with van der Waals surface area (Å²) in [7, 11) is 0. The van der Waals surface area contributed by atoms with E-state index in [0.29, 0.717) is 25.2 Å². The van der Waals surface area contributed by atoms with Gasteiger partial charge in [0.1, 0.15) is 0 Å². The highest BCUT2D eigenvalue weighted by atomic mass is 35.5. The second kappa shape index (κ2) is 7.50. The van der Waals surface area contributed by atoms with Gasteiger partial charge in [0.25, 0.3) is 0 Å². The van der Waals surface area contributed by atoms with Gasteiger partial charge in [-0.25, -0.2) is 0 Å². The zero-order valence-electron chi connectivity index (χ0n) is 15.6. The van der Waals surface area contributed by atoms with E-state index in [9.17, 15) is 9.59 Å². The van der Waals surface area contributed by atoms with Crippen LogP contribution in [0.15, 0.2) is 0 Å². The Morgan fingerprint density at radius 3 is 2.07 bits per heavy atom. The number of hydrogen-bond donors (Lipinski definition) is 3. The van der Waals surface area contributed by atoms with E-state index in [1.807, 2.05) is 0 Å². The topological polar surface area (TPSA) is 88.7 Å². The molecule has 0 aromatic carbocycles. The number of fused-ring (bicyclic) bond motifs is 4. The van der Waals surface area contributed by atoms with E-state index in [1.54, 1.807) is 0 Å². The average molecular weight is 400 g/mol.